The van der Waals surface area contributed by atoms with Gasteiger partial charge in [-0.25, -0.2) is 4.98 Å². The second kappa shape index (κ2) is 7.10. The van der Waals surface area contributed by atoms with Crippen LogP contribution in [0.4, 0.5) is 0 Å². The molecule has 100 valence electrons. The minimum absolute atomic E-state index is 0.0425. The average molecular weight is 269 g/mol. The SMILES string of the molecule is CCC(C)NC(=O)CCNC(=O)c1csc(C)n1. The normalized spacial score (nSPS) is 11.9. The molecule has 1 unspecified atom stereocenters. The topological polar surface area (TPSA) is 71.1 Å². The second-order valence-electron chi connectivity index (χ2n) is 4.13. The van der Waals surface area contributed by atoms with Crippen LogP contribution in [-0.4, -0.2) is 29.4 Å². The molecule has 1 heterocycles. The molecule has 18 heavy (non-hydrogen) atoms. The van der Waals surface area contributed by atoms with Crippen LogP contribution in [0.2, 0.25) is 0 Å². The van der Waals surface area contributed by atoms with Gasteiger partial charge in [-0.05, 0) is 20.3 Å². The van der Waals surface area contributed by atoms with Gasteiger partial charge in [-0.15, -0.1) is 11.3 Å². The Balaban J connectivity index is 2.25. The second-order valence-corrected chi connectivity index (χ2v) is 5.20. The molecule has 2 N–H and O–H groups in total. The maximum atomic E-state index is 11.6. The highest BCUT2D eigenvalue weighted by molar-refractivity contribution is 7.09. The lowest BCUT2D eigenvalue weighted by molar-refractivity contribution is -0.121. The number of thiazole rings is 1. The van der Waals surface area contributed by atoms with Gasteiger partial charge in [0.1, 0.15) is 5.69 Å². The third kappa shape index (κ3) is 4.83. The third-order valence-corrected chi connectivity index (χ3v) is 3.28. The Bertz CT molecular complexity index is 417. The van der Waals surface area contributed by atoms with E-state index in [9.17, 15) is 9.59 Å². The van der Waals surface area contributed by atoms with E-state index in [2.05, 4.69) is 15.6 Å². The van der Waals surface area contributed by atoms with Gasteiger partial charge in [-0.2, -0.15) is 0 Å². The van der Waals surface area contributed by atoms with Gasteiger partial charge in [-0.3, -0.25) is 9.59 Å². The van der Waals surface area contributed by atoms with Crippen molar-refractivity contribution in [2.45, 2.75) is 39.7 Å². The molecule has 0 saturated heterocycles. The zero-order chi connectivity index (χ0) is 13.5. The molecule has 2 amide bonds. The molecule has 5 nitrogen and oxygen atoms in total. The van der Waals surface area contributed by atoms with Crippen LogP contribution in [0, 0.1) is 6.92 Å². The highest BCUT2D eigenvalue weighted by Gasteiger charge is 2.10. The maximum Gasteiger partial charge on any atom is 0.270 e. The Kier molecular flexibility index (Phi) is 5.77. The summed E-state index contributed by atoms with van der Waals surface area (Å²) in [5, 5.41) is 8.09. The minimum atomic E-state index is -0.226. The van der Waals surface area contributed by atoms with Crippen molar-refractivity contribution in [3.05, 3.63) is 16.1 Å². The summed E-state index contributed by atoms with van der Waals surface area (Å²) < 4.78 is 0. The van der Waals surface area contributed by atoms with Crippen molar-refractivity contribution in [3.8, 4) is 0 Å². The molecular weight excluding hydrogens is 250 g/mol. The van der Waals surface area contributed by atoms with Crippen molar-refractivity contribution in [1.29, 1.82) is 0 Å². The van der Waals surface area contributed by atoms with E-state index in [1.807, 2.05) is 20.8 Å². The summed E-state index contributed by atoms with van der Waals surface area (Å²) >= 11 is 1.43. The fourth-order valence-corrected chi connectivity index (χ4v) is 1.89. The van der Waals surface area contributed by atoms with Crippen LogP contribution in [0.25, 0.3) is 0 Å². The van der Waals surface area contributed by atoms with E-state index in [0.717, 1.165) is 11.4 Å². The third-order valence-electron chi connectivity index (χ3n) is 2.51. The summed E-state index contributed by atoms with van der Waals surface area (Å²) in [6, 6.07) is 0.175. The monoisotopic (exact) mass is 269 g/mol. The molecule has 0 aliphatic carbocycles. The molecule has 0 bridgehead atoms. The fourth-order valence-electron chi connectivity index (χ4n) is 1.30. The van der Waals surface area contributed by atoms with Gasteiger partial charge in [0.15, 0.2) is 0 Å². The molecule has 6 heteroatoms. The van der Waals surface area contributed by atoms with Gasteiger partial charge >= 0.3 is 0 Å². The van der Waals surface area contributed by atoms with E-state index in [4.69, 9.17) is 0 Å². The largest absolute Gasteiger partial charge is 0.354 e. The highest BCUT2D eigenvalue weighted by atomic mass is 32.1. The Hall–Kier alpha value is -1.43. The smallest absolute Gasteiger partial charge is 0.270 e. The van der Waals surface area contributed by atoms with E-state index >= 15 is 0 Å². The highest BCUT2D eigenvalue weighted by Crippen LogP contribution is 2.07. The van der Waals surface area contributed by atoms with Crippen LogP contribution in [0.15, 0.2) is 5.38 Å². The molecule has 0 aliphatic rings. The molecule has 0 saturated carbocycles. The number of aryl methyl sites for hydroxylation is 1. The van der Waals surface area contributed by atoms with Crippen molar-refractivity contribution >= 4 is 23.2 Å². The van der Waals surface area contributed by atoms with Gasteiger partial charge < -0.3 is 10.6 Å². The predicted molar refractivity (Wildman–Crippen MR) is 71.7 cm³/mol. The van der Waals surface area contributed by atoms with Crippen molar-refractivity contribution < 1.29 is 9.59 Å². The lowest BCUT2D eigenvalue weighted by atomic mass is 10.2. The first-order valence-corrected chi connectivity index (χ1v) is 6.90. The first-order valence-electron chi connectivity index (χ1n) is 6.02. The van der Waals surface area contributed by atoms with Crippen molar-refractivity contribution in [3.63, 3.8) is 0 Å². The van der Waals surface area contributed by atoms with Gasteiger partial charge in [0.05, 0.1) is 5.01 Å². The van der Waals surface area contributed by atoms with E-state index in [0.29, 0.717) is 18.7 Å². The first kappa shape index (κ1) is 14.6. The molecule has 1 aromatic rings. The number of amides is 2. The average Bonchev–Trinajstić information content (AvgIpc) is 2.75. The number of nitrogens with one attached hydrogen (secondary N) is 2. The molecule has 0 aromatic carbocycles. The van der Waals surface area contributed by atoms with E-state index in [-0.39, 0.29) is 17.9 Å². The zero-order valence-corrected chi connectivity index (χ0v) is 11.8. The molecule has 1 atom stereocenters. The van der Waals surface area contributed by atoms with Crippen molar-refractivity contribution in [2.24, 2.45) is 0 Å². The number of aromatic nitrogens is 1. The van der Waals surface area contributed by atoms with E-state index < -0.39 is 0 Å². The lowest BCUT2D eigenvalue weighted by Gasteiger charge is -2.11. The van der Waals surface area contributed by atoms with E-state index in [1.165, 1.54) is 11.3 Å². The van der Waals surface area contributed by atoms with Crippen molar-refractivity contribution in [1.82, 2.24) is 15.6 Å². The van der Waals surface area contributed by atoms with Crippen LogP contribution < -0.4 is 10.6 Å². The minimum Gasteiger partial charge on any atom is -0.354 e. The summed E-state index contributed by atoms with van der Waals surface area (Å²) in [6.07, 6.45) is 1.19. The number of hydrogen-bond donors (Lipinski definition) is 2. The molecule has 1 rings (SSSR count). The van der Waals surface area contributed by atoms with E-state index in [1.54, 1.807) is 5.38 Å². The zero-order valence-electron chi connectivity index (χ0n) is 10.9. The van der Waals surface area contributed by atoms with Gasteiger partial charge in [0.25, 0.3) is 5.91 Å². The standard InChI is InChI=1S/C12H19N3O2S/c1-4-8(2)14-11(16)5-6-13-12(17)10-7-18-9(3)15-10/h7-8H,4-6H2,1-3H3,(H,13,17)(H,14,16). The number of carbonyl (C=O) groups excluding carboxylic acids is 2. The Labute approximate surface area is 111 Å². The first-order chi connectivity index (χ1) is 8.52. The summed E-state index contributed by atoms with van der Waals surface area (Å²) in [6.45, 7) is 6.14. The number of carbonyl (C=O) groups is 2. The van der Waals surface area contributed by atoms with Crippen LogP contribution in [0.3, 0.4) is 0 Å². The fraction of sp³-hybridized carbons (Fsp3) is 0.583. The lowest BCUT2D eigenvalue weighted by Crippen LogP contribution is -2.35. The molecule has 0 radical (unpaired) electrons. The number of rotatable bonds is 6. The van der Waals surface area contributed by atoms with Crippen LogP contribution in [0.1, 0.15) is 42.2 Å². The summed E-state index contributed by atoms with van der Waals surface area (Å²) in [7, 11) is 0. The number of nitrogens with zero attached hydrogens (tertiary/aromatic N) is 1. The molecular formula is C12H19N3O2S. The molecule has 0 fully saturated rings. The van der Waals surface area contributed by atoms with Crippen molar-refractivity contribution in [2.75, 3.05) is 6.54 Å². The quantitative estimate of drug-likeness (QED) is 0.822. The molecule has 1 aromatic heterocycles. The van der Waals surface area contributed by atoms with Crippen LogP contribution in [0.5, 0.6) is 0 Å². The van der Waals surface area contributed by atoms with Crippen LogP contribution in [-0.2, 0) is 4.79 Å². The van der Waals surface area contributed by atoms with Gasteiger partial charge in [0, 0.05) is 24.4 Å². The van der Waals surface area contributed by atoms with Crippen LogP contribution >= 0.6 is 11.3 Å². The maximum absolute atomic E-state index is 11.6. The Morgan fingerprint density at radius 2 is 2.22 bits per heavy atom. The number of hydrogen-bond acceptors (Lipinski definition) is 4. The predicted octanol–water partition coefficient (Wildman–Crippen LogP) is 1.49. The summed E-state index contributed by atoms with van der Waals surface area (Å²) in [4.78, 5) is 27.2. The van der Waals surface area contributed by atoms with Gasteiger partial charge in [-0.1, -0.05) is 6.92 Å². The Morgan fingerprint density at radius 1 is 1.50 bits per heavy atom. The molecule has 0 spiro atoms. The Morgan fingerprint density at radius 3 is 2.78 bits per heavy atom. The summed E-state index contributed by atoms with van der Waals surface area (Å²) in [5.74, 6) is -0.269. The van der Waals surface area contributed by atoms with Gasteiger partial charge in [0.2, 0.25) is 5.91 Å². The summed E-state index contributed by atoms with van der Waals surface area (Å²) in [5.41, 5.74) is 0.417. The molecule has 0 aliphatic heterocycles.